The minimum Gasteiger partial charge on any atom is -0.479 e. The van der Waals surface area contributed by atoms with Crippen molar-refractivity contribution in [2.24, 2.45) is 5.92 Å². The molecule has 0 bridgehead atoms. The zero-order valence-corrected chi connectivity index (χ0v) is 9.39. The highest BCUT2D eigenvalue weighted by molar-refractivity contribution is 5.85. The highest BCUT2D eigenvalue weighted by Crippen LogP contribution is 2.25. The van der Waals surface area contributed by atoms with E-state index in [9.17, 15) is 9.59 Å². The van der Waals surface area contributed by atoms with Crippen LogP contribution in [0.1, 0.15) is 37.5 Å². The second-order valence-corrected chi connectivity index (χ2v) is 4.28. The molecule has 1 amide bonds. The van der Waals surface area contributed by atoms with E-state index in [0.717, 1.165) is 25.7 Å². The van der Waals surface area contributed by atoms with Gasteiger partial charge in [-0.2, -0.15) is 0 Å². The van der Waals surface area contributed by atoms with Crippen LogP contribution < -0.4 is 5.32 Å². The number of carbonyl (C=O) groups is 2. The Morgan fingerprint density at radius 1 is 1.41 bits per heavy atom. The van der Waals surface area contributed by atoms with Crippen molar-refractivity contribution in [3.8, 4) is 0 Å². The number of furan rings is 1. The van der Waals surface area contributed by atoms with E-state index in [-0.39, 0.29) is 17.6 Å². The summed E-state index contributed by atoms with van der Waals surface area (Å²) >= 11 is 0. The molecule has 92 valence electrons. The predicted octanol–water partition coefficient (Wildman–Crippen LogP) is 1.71. The fourth-order valence-electron chi connectivity index (χ4n) is 2.16. The molecule has 0 saturated heterocycles. The minimum atomic E-state index is -1.11. The molecule has 1 heterocycles. The molecule has 2 rings (SSSR count). The van der Waals surface area contributed by atoms with Crippen molar-refractivity contribution >= 4 is 11.9 Å². The Labute approximate surface area is 98.8 Å². The SMILES string of the molecule is O=C(NC(C(=O)O)c1ccco1)C1CCCC1. The summed E-state index contributed by atoms with van der Waals surface area (Å²) in [6.07, 6.45) is 5.16. The average molecular weight is 237 g/mol. The summed E-state index contributed by atoms with van der Waals surface area (Å²) in [6, 6.07) is 2.07. The van der Waals surface area contributed by atoms with E-state index in [1.807, 2.05) is 0 Å². The summed E-state index contributed by atoms with van der Waals surface area (Å²) in [6.45, 7) is 0. The van der Waals surface area contributed by atoms with Gasteiger partial charge in [0.25, 0.3) is 0 Å². The summed E-state index contributed by atoms with van der Waals surface area (Å²) in [4.78, 5) is 22.9. The van der Waals surface area contributed by atoms with Crippen LogP contribution in [-0.2, 0) is 9.59 Å². The number of nitrogens with one attached hydrogen (secondary N) is 1. The van der Waals surface area contributed by atoms with Crippen molar-refractivity contribution in [2.75, 3.05) is 0 Å². The number of carbonyl (C=O) groups excluding carboxylic acids is 1. The number of carboxylic acid groups (broad SMARTS) is 1. The lowest BCUT2D eigenvalue weighted by molar-refractivity contribution is -0.143. The molecule has 0 aromatic carbocycles. The summed E-state index contributed by atoms with van der Waals surface area (Å²) in [5.41, 5.74) is 0. The molecular weight excluding hydrogens is 222 g/mol. The highest BCUT2D eigenvalue weighted by atomic mass is 16.4. The number of hydrogen-bond acceptors (Lipinski definition) is 3. The van der Waals surface area contributed by atoms with Crippen molar-refractivity contribution in [2.45, 2.75) is 31.7 Å². The number of hydrogen-bond donors (Lipinski definition) is 2. The number of aliphatic carboxylic acids is 1. The van der Waals surface area contributed by atoms with Crippen LogP contribution in [0.15, 0.2) is 22.8 Å². The van der Waals surface area contributed by atoms with Crippen LogP contribution in [0.3, 0.4) is 0 Å². The smallest absolute Gasteiger partial charge is 0.334 e. The summed E-state index contributed by atoms with van der Waals surface area (Å²) in [5, 5.41) is 11.6. The van der Waals surface area contributed by atoms with Crippen molar-refractivity contribution in [1.82, 2.24) is 5.32 Å². The van der Waals surface area contributed by atoms with Crippen molar-refractivity contribution in [1.29, 1.82) is 0 Å². The Kier molecular flexibility index (Phi) is 3.46. The third-order valence-electron chi connectivity index (χ3n) is 3.09. The second kappa shape index (κ2) is 5.03. The zero-order chi connectivity index (χ0) is 12.3. The van der Waals surface area contributed by atoms with Crippen LogP contribution in [-0.4, -0.2) is 17.0 Å². The van der Waals surface area contributed by atoms with Crippen molar-refractivity contribution < 1.29 is 19.1 Å². The van der Waals surface area contributed by atoms with Gasteiger partial charge in [-0.25, -0.2) is 4.79 Å². The maximum absolute atomic E-state index is 11.8. The van der Waals surface area contributed by atoms with Gasteiger partial charge in [0.1, 0.15) is 5.76 Å². The van der Waals surface area contributed by atoms with Gasteiger partial charge in [0.15, 0.2) is 6.04 Å². The molecule has 1 unspecified atom stereocenters. The van der Waals surface area contributed by atoms with Gasteiger partial charge in [0.05, 0.1) is 6.26 Å². The second-order valence-electron chi connectivity index (χ2n) is 4.28. The largest absolute Gasteiger partial charge is 0.479 e. The van der Waals surface area contributed by atoms with E-state index in [0.29, 0.717) is 0 Å². The maximum atomic E-state index is 11.8. The van der Waals surface area contributed by atoms with E-state index < -0.39 is 12.0 Å². The molecule has 1 aliphatic rings. The number of rotatable bonds is 4. The molecule has 1 fully saturated rings. The molecule has 2 N–H and O–H groups in total. The van der Waals surface area contributed by atoms with Crippen LogP contribution >= 0.6 is 0 Å². The molecular formula is C12H15NO4. The fourth-order valence-corrected chi connectivity index (χ4v) is 2.16. The Bertz CT molecular complexity index is 393. The fraction of sp³-hybridized carbons (Fsp3) is 0.500. The van der Waals surface area contributed by atoms with Gasteiger partial charge in [-0.1, -0.05) is 12.8 Å². The van der Waals surface area contributed by atoms with Crippen molar-refractivity contribution in [3.05, 3.63) is 24.2 Å². The zero-order valence-electron chi connectivity index (χ0n) is 9.39. The van der Waals surface area contributed by atoms with Crippen LogP contribution in [0.5, 0.6) is 0 Å². The van der Waals surface area contributed by atoms with Gasteiger partial charge in [-0.05, 0) is 25.0 Å². The molecule has 1 atom stereocenters. The molecule has 1 aromatic rings. The molecule has 5 heteroatoms. The monoisotopic (exact) mass is 237 g/mol. The summed E-state index contributed by atoms with van der Waals surface area (Å²) < 4.78 is 5.02. The van der Waals surface area contributed by atoms with Gasteiger partial charge < -0.3 is 14.8 Å². The Hall–Kier alpha value is -1.78. The van der Waals surface area contributed by atoms with E-state index in [4.69, 9.17) is 9.52 Å². The summed E-state index contributed by atoms with van der Waals surface area (Å²) in [7, 11) is 0. The molecule has 5 nitrogen and oxygen atoms in total. The Morgan fingerprint density at radius 3 is 2.65 bits per heavy atom. The van der Waals surface area contributed by atoms with Crippen LogP contribution in [0, 0.1) is 5.92 Å². The van der Waals surface area contributed by atoms with Gasteiger partial charge in [-0.15, -0.1) is 0 Å². The molecule has 0 aliphatic heterocycles. The lowest BCUT2D eigenvalue weighted by Gasteiger charge is -2.15. The first-order valence-electron chi connectivity index (χ1n) is 5.75. The first-order valence-corrected chi connectivity index (χ1v) is 5.75. The van der Waals surface area contributed by atoms with Gasteiger partial charge >= 0.3 is 5.97 Å². The Morgan fingerprint density at radius 2 is 2.12 bits per heavy atom. The minimum absolute atomic E-state index is 0.0492. The normalized spacial score (nSPS) is 17.9. The van der Waals surface area contributed by atoms with E-state index in [2.05, 4.69) is 5.32 Å². The van der Waals surface area contributed by atoms with Crippen molar-refractivity contribution in [3.63, 3.8) is 0 Å². The van der Waals surface area contributed by atoms with E-state index in [1.54, 1.807) is 12.1 Å². The average Bonchev–Trinajstić information content (AvgIpc) is 2.97. The summed E-state index contributed by atoms with van der Waals surface area (Å²) in [5.74, 6) is -1.09. The van der Waals surface area contributed by atoms with E-state index >= 15 is 0 Å². The first kappa shape index (κ1) is 11.7. The van der Waals surface area contributed by atoms with Crippen LogP contribution in [0.4, 0.5) is 0 Å². The molecule has 17 heavy (non-hydrogen) atoms. The van der Waals surface area contributed by atoms with Gasteiger partial charge in [-0.3, -0.25) is 4.79 Å². The van der Waals surface area contributed by atoms with Gasteiger partial charge in [0, 0.05) is 5.92 Å². The van der Waals surface area contributed by atoms with Crippen LogP contribution in [0.2, 0.25) is 0 Å². The standard InChI is InChI=1S/C12H15NO4/c14-11(8-4-1-2-5-8)13-10(12(15)16)9-6-3-7-17-9/h3,6-8,10H,1-2,4-5H2,(H,13,14)(H,15,16). The topological polar surface area (TPSA) is 79.5 Å². The van der Waals surface area contributed by atoms with E-state index in [1.165, 1.54) is 6.26 Å². The quantitative estimate of drug-likeness (QED) is 0.835. The Balaban J connectivity index is 2.03. The lowest BCUT2D eigenvalue weighted by atomic mass is 10.1. The maximum Gasteiger partial charge on any atom is 0.334 e. The molecule has 1 aliphatic carbocycles. The number of amides is 1. The molecule has 0 radical (unpaired) electrons. The molecule has 0 spiro atoms. The molecule has 1 saturated carbocycles. The third-order valence-corrected chi connectivity index (χ3v) is 3.09. The lowest BCUT2D eigenvalue weighted by Crippen LogP contribution is -2.36. The third kappa shape index (κ3) is 2.67. The van der Waals surface area contributed by atoms with Gasteiger partial charge in [0.2, 0.25) is 5.91 Å². The predicted molar refractivity (Wildman–Crippen MR) is 59.2 cm³/mol. The van der Waals surface area contributed by atoms with Crippen LogP contribution in [0.25, 0.3) is 0 Å². The molecule has 1 aromatic heterocycles. The first-order chi connectivity index (χ1) is 8.18. The number of carboxylic acids is 1. The highest BCUT2D eigenvalue weighted by Gasteiger charge is 2.29.